The highest BCUT2D eigenvalue weighted by Gasteiger charge is 2.26. The summed E-state index contributed by atoms with van der Waals surface area (Å²) in [7, 11) is 0. The number of esters is 1. The molecular formula is C18H23ClN2O4. The van der Waals surface area contributed by atoms with Crippen molar-refractivity contribution in [2.45, 2.75) is 47.6 Å². The number of ether oxygens (including phenoxy) is 1. The minimum absolute atomic E-state index is 0.0264. The predicted octanol–water partition coefficient (Wildman–Crippen LogP) is 3.68. The smallest absolute Gasteiger partial charge is 0.347 e. The molecule has 0 aliphatic carbocycles. The summed E-state index contributed by atoms with van der Waals surface area (Å²) >= 11 is 6.27. The number of aromatic hydroxyl groups is 1. The molecule has 0 saturated heterocycles. The first kappa shape index (κ1) is 19.2. The Labute approximate surface area is 151 Å². The summed E-state index contributed by atoms with van der Waals surface area (Å²) in [6.45, 7) is 9.98. The molecule has 136 valence electrons. The van der Waals surface area contributed by atoms with E-state index in [0.717, 1.165) is 0 Å². The van der Waals surface area contributed by atoms with E-state index in [9.17, 15) is 14.7 Å². The number of aryl methyl sites for hydroxylation is 2. The quantitative estimate of drug-likeness (QED) is 0.835. The Hall–Kier alpha value is -2.08. The zero-order chi connectivity index (χ0) is 18.9. The number of pyridine rings is 2. The van der Waals surface area contributed by atoms with E-state index in [1.54, 1.807) is 19.9 Å². The minimum atomic E-state index is -0.868. The van der Waals surface area contributed by atoms with Gasteiger partial charge in [0, 0.05) is 12.2 Å². The maximum Gasteiger partial charge on any atom is 0.347 e. The number of fused-ring (bicyclic) bond motifs is 1. The summed E-state index contributed by atoms with van der Waals surface area (Å²) in [4.78, 5) is 29.5. The van der Waals surface area contributed by atoms with Crippen molar-refractivity contribution in [1.29, 1.82) is 0 Å². The van der Waals surface area contributed by atoms with E-state index in [1.807, 2.05) is 0 Å². The van der Waals surface area contributed by atoms with Crippen LogP contribution in [0.25, 0.3) is 11.0 Å². The second kappa shape index (κ2) is 7.04. The van der Waals surface area contributed by atoms with Crippen LogP contribution in [0.3, 0.4) is 0 Å². The maximum atomic E-state index is 12.9. The first-order chi connectivity index (χ1) is 11.6. The van der Waals surface area contributed by atoms with Crippen molar-refractivity contribution in [2.75, 3.05) is 6.61 Å². The van der Waals surface area contributed by atoms with E-state index in [1.165, 1.54) is 4.57 Å². The summed E-state index contributed by atoms with van der Waals surface area (Å²) in [6.07, 6.45) is 0.683. The Balaban J connectivity index is 2.83. The van der Waals surface area contributed by atoms with E-state index >= 15 is 0 Å². The Kier molecular flexibility index (Phi) is 5.42. The van der Waals surface area contributed by atoms with Gasteiger partial charge in [0.2, 0.25) is 0 Å². The molecule has 2 aromatic heterocycles. The van der Waals surface area contributed by atoms with Crippen molar-refractivity contribution >= 4 is 28.6 Å². The monoisotopic (exact) mass is 366 g/mol. The Bertz CT molecular complexity index is 881. The van der Waals surface area contributed by atoms with Crippen LogP contribution in [0.4, 0.5) is 0 Å². The van der Waals surface area contributed by atoms with E-state index < -0.39 is 22.8 Å². The van der Waals surface area contributed by atoms with Gasteiger partial charge in [0.15, 0.2) is 5.56 Å². The fourth-order valence-electron chi connectivity index (χ4n) is 2.53. The molecule has 2 aromatic rings. The molecule has 0 unspecified atom stereocenters. The molecule has 0 spiro atoms. The van der Waals surface area contributed by atoms with Crippen LogP contribution in [0.15, 0.2) is 10.9 Å². The molecule has 7 heteroatoms. The molecule has 0 aliphatic heterocycles. The van der Waals surface area contributed by atoms with Crippen molar-refractivity contribution in [3.63, 3.8) is 0 Å². The molecule has 0 aliphatic rings. The summed E-state index contributed by atoms with van der Waals surface area (Å²) in [5.74, 6) is -1.35. The van der Waals surface area contributed by atoms with Gasteiger partial charge in [-0.1, -0.05) is 32.4 Å². The van der Waals surface area contributed by atoms with Crippen LogP contribution < -0.4 is 5.56 Å². The SMILES string of the molecule is CCOC(=O)c1c(O)c2c(Cl)cc(C)nc2n(CCC(C)(C)C)c1=O. The standard InChI is InChI=1S/C18H23ClN2O4/c1-6-25-17(24)13-14(22)12-11(19)9-10(2)20-15(12)21(16(13)23)8-7-18(3,4)5/h9,22H,6-8H2,1-5H3. The van der Waals surface area contributed by atoms with E-state index in [0.29, 0.717) is 18.7 Å². The maximum absolute atomic E-state index is 12.9. The molecule has 0 saturated carbocycles. The number of halogens is 1. The van der Waals surface area contributed by atoms with E-state index in [4.69, 9.17) is 16.3 Å². The van der Waals surface area contributed by atoms with Crippen molar-refractivity contribution < 1.29 is 14.6 Å². The lowest BCUT2D eigenvalue weighted by Gasteiger charge is -2.20. The summed E-state index contributed by atoms with van der Waals surface area (Å²) in [5, 5.41) is 10.9. The highest BCUT2D eigenvalue weighted by molar-refractivity contribution is 6.36. The number of hydrogen-bond acceptors (Lipinski definition) is 5. The van der Waals surface area contributed by atoms with Crippen molar-refractivity contribution in [3.8, 4) is 5.75 Å². The molecule has 0 atom stereocenters. The lowest BCUT2D eigenvalue weighted by Crippen LogP contribution is -2.30. The molecule has 6 nitrogen and oxygen atoms in total. The average Bonchev–Trinajstić information content (AvgIpc) is 2.45. The summed E-state index contributed by atoms with van der Waals surface area (Å²) < 4.78 is 6.32. The molecule has 0 aromatic carbocycles. The lowest BCUT2D eigenvalue weighted by molar-refractivity contribution is 0.0520. The number of carbonyl (C=O) groups is 1. The summed E-state index contributed by atoms with van der Waals surface area (Å²) in [5.41, 5.74) is -0.173. The van der Waals surface area contributed by atoms with Gasteiger partial charge in [-0.05, 0) is 31.7 Å². The third-order valence-corrected chi connectivity index (χ3v) is 4.13. The number of hydrogen-bond donors (Lipinski definition) is 1. The molecule has 0 radical (unpaired) electrons. The van der Waals surface area contributed by atoms with Gasteiger partial charge in [-0.2, -0.15) is 0 Å². The van der Waals surface area contributed by atoms with Gasteiger partial charge in [0.25, 0.3) is 5.56 Å². The van der Waals surface area contributed by atoms with Gasteiger partial charge in [-0.3, -0.25) is 9.36 Å². The third kappa shape index (κ3) is 3.95. The van der Waals surface area contributed by atoms with Gasteiger partial charge in [0.05, 0.1) is 17.0 Å². The zero-order valence-corrected chi connectivity index (χ0v) is 15.9. The van der Waals surface area contributed by atoms with Gasteiger partial charge >= 0.3 is 5.97 Å². The average molecular weight is 367 g/mol. The number of carbonyl (C=O) groups excluding carboxylic acids is 1. The lowest BCUT2D eigenvalue weighted by atomic mass is 9.92. The minimum Gasteiger partial charge on any atom is -0.506 e. The second-order valence-corrected chi connectivity index (χ2v) is 7.56. The van der Waals surface area contributed by atoms with E-state index in [2.05, 4.69) is 25.8 Å². The van der Waals surface area contributed by atoms with E-state index in [-0.39, 0.29) is 28.1 Å². The van der Waals surface area contributed by atoms with Crippen molar-refractivity contribution in [3.05, 3.63) is 32.7 Å². The highest BCUT2D eigenvalue weighted by Crippen LogP contribution is 2.33. The Morgan fingerprint density at radius 3 is 2.60 bits per heavy atom. The molecule has 2 rings (SSSR count). The van der Waals surface area contributed by atoms with Crippen LogP contribution >= 0.6 is 11.6 Å². The van der Waals surface area contributed by atoms with Crippen LogP contribution in [-0.2, 0) is 11.3 Å². The molecule has 0 bridgehead atoms. The highest BCUT2D eigenvalue weighted by atomic mass is 35.5. The zero-order valence-electron chi connectivity index (χ0n) is 15.1. The number of rotatable bonds is 4. The largest absolute Gasteiger partial charge is 0.506 e. The first-order valence-corrected chi connectivity index (χ1v) is 8.54. The van der Waals surface area contributed by atoms with Crippen LogP contribution in [0.1, 0.15) is 50.2 Å². The number of nitrogens with zero attached hydrogens (tertiary/aromatic N) is 2. The van der Waals surface area contributed by atoms with Crippen LogP contribution in [0, 0.1) is 12.3 Å². The summed E-state index contributed by atoms with van der Waals surface area (Å²) in [6, 6.07) is 1.58. The molecule has 1 N–H and O–H groups in total. The first-order valence-electron chi connectivity index (χ1n) is 8.16. The molecule has 2 heterocycles. The van der Waals surface area contributed by atoms with Crippen LogP contribution in [0.2, 0.25) is 5.02 Å². The molecule has 0 fully saturated rings. The fourth-order valence-corrected chi connectivity index (χ4v) is 2.86. The molecule has 0 amide bonds. The fraction of sp³-hybridized carbons (Fsp3) is 0.500. The van der Waals surface area contributed by atoms with Crippen LogP contribution in [0.5, 0.6) is 5.75 Å². The van der Waals surface area contributed by atoms with Gasteiger partial charge < -0.3 is 9.84 Å². The van der Waals surface area contributed by atoms with Crippen molar-refractivity contribution in [1.82, 2.24) is 9.55 Å². The van der Waals surface area contributed by atoms with Crippen LogP contribution in [-0.4, -0.2) is 27.2 Å². The number of aromatic nitrogens is 2. The topological polar surface area (TPSA) is 81.4 Å². The second-order valence-electron chi connectivity index (χ2n) is 7.16. The van der Waals surface area contributed by atoms with Gasteiger partial charge in [-0.15, -0.1) is 0 Å². The third-order valence-electron chi connectivity index (χ3n) is 3.83. The Morgan fingerprint density at radius 1 is 1.40 bits per heavy atom. The van der Waals surface area contributed by atoms with Gasteiger partial charge in [0.1, 0.15) is 11.4 Å². The molecular weight excluding hydrogens is 344 g/mol. The van der Waals surface area contributed by atoms with Gasteiger partial charge in [-0.25, -0.2) is 9.78 Å². The predicted molar refractivity (Wildman–Crippen MR) is 97.4 cm³/mol. The van der Waals surface area contributed by atoms with Crippen molar-refractivity contribution in [2.24, 2.45) is 5.41 Å². The molecule has 25 heavy (non-hydrogen) atoms. The normalized spacial score (nSPS) is 11.8. The Morgan fingerprint density at radius 2 is 2.04 bits per heavy atom.